The summed E-state index contributed by atoms with van der Waals surface area (Å²) in [5, 5.41) is 2.93. The van der Waals surface area contributed by atoms with Crippen molar-refractivity contribution in [3.8, 4) is 5.95 Å². The maximum Gasteiger partial charge on any atom is 0.270 e. The average Bonchev–Trinajstić information content (AvgIpc) is 3.03. The van der Waals surface area contributed by atoms with Gasteiger partial charge in [-0.3, -0.25) is 9.36 Å². The molecule has 1 amide bonds. The second-order valence-electron chi connectivity index (χ2n) is 4.60. The lowest BCUT2D eigenvalue weighted by molar-refractivity contribution is 0.0622. The molecule has 1 aliphatic rings. The molecular formula is C13H15N5O2. The third-order valence-electron chi connectivity index (χ3n) is 3.11. The summed E-state index contributed by atoms with van der Waals surface area (Å²) in [5.74, 6) is 0.222. The van der Waals surface area contributed by atoms with E-state index in [4.69, 9.17) is 4.74 Å². The molecule has 2 aromatic rings. The van der Waals surface area contributed by atoms with Crippen molar-refractivity contribution in [1.82, 2.24) is 24.8 Å². The molecule has 0 aromatic carbocycles. The van der Waals surface area contributed by atoms with Crippen molar-refractivity contribution in [2.24, 2.45) is 0 Å². The third-order valence-corrected chi connectivity index (χ3v) is 3.11. The standard InChI is InChI=1S/C13H15N5O2/c19-12(16-10-2-1-7-20-8-10)11-3-4-15-13(17-11)18-6-5-14-9-18/h3-6,9-10H,1-2,7-8H2,(H,16,19)/t10-/m1/s1. The van der Waals surface area contributed by atoms with E-state index >= 15 is 0 Å². The maximum absolute atomic E-state index is 12.2. The number of hydrogen-bond acceptors (Lipinski definition) is 5. The van der Waals surface area contributed by atoms with Crippen LogP contribution >= 0.6 is 0 Å². The van der Waals surface area contributed by atoms with Crippen LogP contribution in [0.15, 0.2) is 31.0 Å². The van der Waals surface area contributed by atoms with Crippen LogP contribution in [0.2, 0.25) is 0 Å². The molecule has 1 fully saturated rings. The minimum atomic E-state index is -0.204. The van der Waals surface area contributed by atoms with E-state index in [-0.39, 0.29) is 11.9 Å². The van der Waals surface area contributed by atoms with Crippen LogP contribution in [0, 0.1) is 0 Å². The lowest BCUT2D eigenvalue weighted by Gasteiger charge is -2.22. The molecule has 0 bridgehead atoms. The summed E-state index contributed by atoms with van der Waals surface area (Å²) in [6, 6.07) is 1.65. The van der Waals surface area contributed by atoms with E-state index in [0.29, 0.717) is 18.2 Å². The summed E-state index contributed by atoms with van der Waals surface area (Å²) in [7, 11) is 0. The van der Waals surface area contributed by atoms with E-state index in [9.17, 15) is 4.79 Å². The van der Waals surface area contributed by atoms with Crippen LogP contribution in [-0.2, 0) is 4.74 Å². The van der Waals surface area contributed by atoms with Crippen LogP contribution in [0.4, 0.5) is 0 Å². The van der Waals surface area contributed by atoms with E-state index in [1.54, 1.807) is 35.6 Å². The number of ether oxygens (including phenoxy) is 1. The lowest BCUT2D eigenvalue weighted by atomic mass is 10.1. The topological polar surface area (TPSA) is 81.9 Å². The van der Waals surface area contributed by atoms with Gasteiger partial charge in [-0.1, -0.05) is 0 Å². The Hall–Kier alpha value is -2.28. The Labute approximate surface area is 116 Å². The van der Waals surface area contributed by atoms with Gasteiger partial charge in [-0.15, -0.1) is 0 Å². The van der Waals surface area contributed by atoms with E-state index in [1.165, 1.54) is 0 Å². The molecule has 7 heteroatoms. The van der Waals surface area contributed by atoms with Crippen molar-refractivity contribution < 1.29 is 9.53 Å². The molecule has 0 unspecified atom stereocenters. The molecule has 1 N–H and O–H groups in total. The zero-order chi connectivity index (χ0) is 13.8. The van der Waals surface area contributed by atoms with Crippen LogP contribution in [0.5, 0.6) is 0 Å². The SMILES string of the molecule is O=C(N[C@@H]1CCCOC1)c1ccnc(-n2ccnc2)n1. The van der Waals surface area contributed by atoms with Crippen LogP contribution in [0.3, 0.4) is 0 Å². The summed E-state index contributed by atoms with van der Waals surface area (Å²) in [6.07, 6.45) is 8.42. The van der Waals surface area contributed by atoms with E-state index in [0.717, 1.165) is 19.4 Å². The first kappa shape index (κ1) is 12.7. The molecule has 0 saturated carbocycles. The molecule has 7 nitrogen and oxygen atoms in total. The number of carbonyl (C=O) groups is 1. The molecule has 0 radical (unpaired) electrons. The predicted molar refractivity (Wildman–Crippen MR) is 70.5 cm³/mol. The number of carbonyl (C=O) groups excluding carboxylic acids is 1. The van der Waals surface area contributed by atoms with Crippen molar-refractivity contribution >= 4 is 5.91 Å². The monoisotopic (exact) mass is 273 g/mol. The van der Waals surface area contributed by atoms with Crippen molar-refractivity contribution in [2.75, 3.05) is 13.2 Å². The van der Waals surface area contributed by atoms with E-state index in [2.05, 4.69) is 20.3 Å². The fourth-order valence-corrected chi connectivity index (χ4v) is 2.09. The zero-order valence-corrected chi connectivity index (χ0v) is 10.9. The molecule has 20 heavy (non-hydrogen) atoms. The van der Waals surface area contributed by atoms with Crippen LogP contribution in [0.25, 0.3) is 5.95 Å². The number of imidazole rings is 1. The molecule has 0 spiro atoms. The number of nitrogens with one attached hydrogen (secondary N) is 1. The Bertz CT molecular complexity index is 578. The Morgan fingerprint density at radius 3 is 3.15 bits per heavy atom. The van der Waals surface area contributed by atoms with Gasteiger partial charge in [0.25, 0.3) is 5.91 Å². The molecule has 3 heterocycles. The van der Waals surface area contributed by atoms with Gasteiger partial charge in [0.15, 0.2) is 0 Å². The molecule has 0 aliphatic carbocycles. The van der Waals surface area contributed by atoms with Gasteiger partial charge in [0.1, 0.15) is 12.0 Å². The van der Waals surface area contributed by atoms with Crippen molar-refractivity contribution in [2.45, 2.75) is 18.9 Å². The summed E-state index contributed by atoms with van der Waals surface area (Å²) < 4.78 is 6.99. The summed E-state index contributed by atoms with van der Waals surface area (Å²) in [4.78, 5) is 24.4. The third kappa shape index (κ3) is 2.83. The fourth-order valence-electron chi connectivity index (χ4n) is 2.09. The molecule has 3 rings (SSSR count). The normalized spacial score (nSPS) is 18.7. The number of hydrogen-bond donors (Lipinski definition) is 1. The maximum atomic E-state index is 12.2. The molecule has 104 valence electrons. The largest absolute Gasteiger partial charge is 0.379 e. The highest BCUT2D eigenvalue weighted by atomic mass is 16.5. The van der Waals surface area contributed by atoms with Gasteiger partial charge >= 0.3 is 0 Å². The zero-order valence-electron chi connectivity index (χ0n) is 10.9. The van der Waals surface area contributed by atoms with Gasteiger partial charge < -0.3 is 10.1 Å². The first-order valence-corrected chi connectivity index (χ1v) is 6.53. The molecule has 1 atom stereocenters. The summed E-state index contributed by atoms with van der Waals surface area (Å²) in [6.45, 7) is 1.33. The fraction of sp³-hybridized carbons (Fsp3) is 0.385. The van der Waals surface area contributed by atoms with Crippen LogP contribution < -0.4 is 5.32 Å². The Morgan fingerprint density at radius 2 is 2.40 bits per heavy atom. The van der Waals surface area contributed by atoms with Crippen molar-refractivity contribution in [3.05, 3.63) is 36.7 Å². The van der Waals surface area contributed by atoms with Crippen molar-refractivity contribution in [1.29, 1.82) is 0 Å². The van der Waals surface area contributed by atoms with E-state index < -0.39 is 0 Å². The highest BCUT2D eigenvalue weighted by Gasteiger charge is 2.18. The predicted octanol–water partition coefficient (Wildman–Crippen LogP) is 0.571. The van der Waals surface area contributed by atoms with Crippen LogP contribution in [0.1, 0.15) is 23.3 Å². The average molecular weight is 273 g/mol. The minimum Gasteiger partial charge on any atom is -0.379 e. The highest BCUT2D eigenvalue weighted by molar-refractivity contribution is 5.92. The molecular weight excluding hydrogens is 258 g/mol. The van der Waals surface area contributed by atoms with Gasteiger partial charge in [-0.05, 0) is 18.9 Å². The molecule has 1 saturated heterocycles. The summed E-state index contributed by atoms with van der Waals surface area (Å²) >= 11 is 0. The number of aromatic nitrogens is 4. The summed E-state index contributed by atoms with van der Waals surface area (Å²) in [5.41, 5.74) is 0.342. The van der Waals surface area contributed by atoms with Gasteiger partial charge in [0.05, 0.1) is 12.6 Å². The minimum absolute atomic E-state index is 0.0583. The van der Waals surface area contributed by atoms with E-state index in [1.807, 2.05) is 0 Å². The number of rotatable bonds is 3. The number of nitrogens with zero attached hydrogens (tertiary/aromatic N) is 4. The van der Waals surface area contributed by atoms with Gasteiger partial charge in [0, 0.05) is 25.2 Å². The molecule has 2 aromatic heterocycles. The quantitative estimate of drug-likeness (QED) is 0.884. The van der Waals surface area contributed by atoms with Gasteiger partial charge in [0.2, 0.25) is 5.95 Å². The lowest BCUT2D eigenvalue weighted by Crippen LogP contribution is -2.41. The van der Waals surface area contributed by atoms with Crippen molar-refractivity contribution in [3.63, 3.8) is 0 Å². The first-order valence-electron chi connectivity index (χ1n) is 6.53. The number of amides is 1. The van der Waals surface area contributed by atoms with Gasteiger partial charge in [-0.25, -0.2) is 15.0 Å². The Balaban J connectivity index is 1.73. The van der Waals surface area contributed by atoms with Crippen LogP contribution in [-0.4, -0.2) is 44.7 Å². The first-order chi connectivity index (χ1) is 9.83. The highest BCUT2D eigenvalue weighted by Crippen LogP contribution is 2.07. The molecule has 1 aliphatic heterocycles. The Morgan fingerprint density at radius 1 is 1.45 bits per heavy atom. The Kier molecular flexibility index (Phi) is 3.69. The van der Waals surface area contributed by atoms with Gasteiger partial charge in [-0.2, -0.15) is 0 Å². The smallest absolute Gasteiger partial charge is 0.270 e. The second kappa shape index (κ2) is 5.79. The second-order valence-corrected chi connectivity index (χ2v) is 4.60.